The van der Waals surface area contributed by atoms with E-state index in [-0.39, 0.29) is 23.1 Å². The molecule has 2 N–H and O–H groups in total. The summed E-state index contributed by atoms with van der Waals surface area (Å²) in [6.07, 6.45) is 0. The lowest BCUT2D eigenvalue weighted by atomic mass is 10.2. The highest BCUT2D eigenvalue weighted by atomic mass is 16.6. The van der Waals surface area contributed by atoms with Crippen molar-refractivity contribution in [3.8, 4) is 6.07 Å². The average molecular weight is 284 g/mol. The predicted molar refractivity (Wildman–Crippen MR) is 77.4 cm³/mol. The molecule has 1 heterocycles. The largest absolute Gasteiger partial charge is 0.357 e. The van der Waals surface area contributed by atoms with Crippen molar-refractivity contribution in [2.24, 2.45) is 0 Å². The minimum absolute atomic E-state index is 0.0413. The van der Waals surface area contributed by atoms with Crippen LogP contribution in [0.15, 0.2) is 24.3 Å². The molecule has 0 saturated heterocycles. The number of nitro groups is 1. The van der Waals surface area contributed by atoms with Crippen LogP contribution in [0.1, 0.15) is 11.3 Å². The van der Waals surface area contributed by atoms with Crippen LogP contribution in [0, 0.1) is 28.4 Å². The highest BCUT2D eigenvalue weighted by Crippen LogP contribution is 2.30. The third-order valence-electron chi connectivity index (χ3n) is 2.77. The average Bonchev–Trinajstić information content (AvgIpc) is 2.46. The first-order chi connectivity index (χ1) is 10.1. The Morgan fingerprint density at radius 3 is 2.67 bits per heavy atom. The quantitative estimate of drug-likeness (QED) is 0.653. The maximum Gasteiger partial charge on any atom is 0.332 e. The monoisotopic (exact) mass is 284 g/mol. The maximum atomic E-state index is 11.2. The number of benzene rings is 1. The number of aromatic nitrogens is 2. The molecule has 0 aliphatic rings. The highest BCUT2D eigenvalue weighted by Gasteiger charge is 2.22. The lowest BCUT2D eigenvalue weighted by Gasteiger charge is -2.10. The fourth-order valence-corrected chi connectivity index (χ4v) is 1.80. The zero-order valence-corrected chi connectivity index (χ0v) is 11.4. The summed E-state index contributed by atoms with van der Waals surface area (Å²) in [6, 6.07) is 8.72. The lowest BCUT2D eigenvalue weighted by molar-refractivity contribution is -0.385. The third kappa shape index (κ3) is 2.87. The van der Waals surface area contributed by atoms with Crippen molar-refractivity contribution in [2.75, 3.05) is 17.7 Å². The van der Waals surface area contributed by atoms with E-state index in [0.717, 1.165) is 0 Å². The van der Waals surface area contributed by atoms with E-state index in [1.54, 1.807) is 31.3 Å². The molecule has 0 aliphatic carbocycles. The SMILES string of the molecule is CNc1nc(C)c([N+](=O)[O-])c(Nc2ccccc2C#N)n1. The molecule has 2 aromatic rings. The van der Waals surface area contributed by atoms with Crippen LogP contribution in [0.5, 0.6) is 0 Å². The molecule has 8 heteroatoms. The zero-order valence-electron chi connectivity index (χ0n) is 11.4. The number of nitrogens with one attached hydrogen (secondary N) is 2. The van der Waals surface area contributed by atoms with Gasteiger partial charge in [-0.3, -0.25) is 10.1 Å². The van der Waals surface area contributed by atoms with Crippen molar-refractivity contribution in [3.63, 3.8) is 0 Å². The molecule has 0 bridgehead atoms. The summed E-state index contributed by atoms with van der Waals surface area (Å²) in [5.74, 6) is 0.301. The Morgan fingerprint density at radius 1 is 1.33 bits per heavy atom. The van der Waals surface area contributed by atoms with Gasteiger partial charge in [-0.25, -0.2) is 4.98 Å². The molecule has 1 aromatic carbocycles. The summed E-state index contributed by atoms with van der Waals surface area (Å²) in [4.78, 5) is 18.7. The minimum atomic E-state index is -0.550. The van der Waals surface area contributed by atoms with Gasteiger partial charge in [0.2, 0.25) is 11.8 Å². The Morgan fingerprint density at radius 2 is 2.05 bits per heavy atom. The molecule has 0 fully saturated rings. The Kier molecular flexibility index (Phi) is 3.95. The number of para-hydroxylation sites is 1. The number of hydrogen-bond acceptors (Lipinski definition) is 7. The van der Waals surface area contributed by atoms with Gasteiger partial charge in [0.1, 0.15) is 11.8 Å². The molecule has 0 radical (unpaired) electrons. The number of anilines is 3. The fraction of sp³-hybridized carbons (Fsp3) is 0.154. The van der Waals surface area contributed by atoms with E-state index in [1.165, 1.54) is 6.92 Å². The van der Waals surface area contributed by atoms with Crippen LogP contribution < -0.4 is 10.6 Å². The predicted octanol–water partition coefficient (Wildman–Crippen LogP) is 2.35. The first-order valence-corrected chi connectivity index (χ1v) is 6.03. The van der Waals surface area contributed by atoms with Crippen molar-refractivity contribution >= 4 is 23.1 Å². The van der Waals surface area contributed by atoms with Gasteiger partial charge in [0.05, 0.1) is 16.2 Å². The number of nitriles is 1. The Balaban J connectivity index is 2.55. The van der Waals surface area contributed by atoms with Gasteiger partial charge in [-0.1, -0.05) is 12.1 Å². The van der Waals surface area contributed by atoms with E-state index in [0.29, 0.717) is 11.3 Å². The van der Waals surface area contributed by atoms with Crippen molar-refractivity contribution in [1.82, 2.24) is 9.97 Å². The zero-order chi connectivity index (χ0) is 15.4. The Hall–Kier alpha value is -3.21. The van der Waals surface area contributed by atoms with Crippen LogP contribution in [0.3, 0.4) is 0 Å². The van der Waals surface area contributed by atoms with Gasteiger partial charge < -0.3 is 10.6 Å². The van der Waals surface area contributed by atoms with Gasteiger partial charge in [0.15, 0.2) is 0 Å². The molecule has 1 aromatic heterocycles. The van der Waals surface area contributed by atoms with E-state index < -0.39 is 4.92 Å². The van der Waals surface area contributed by atoms with Gasteiger partial charge in [-0.15, -0.1) is 0 Å². The van der Waals surface area contributed by atoms with Crippen LogP contribution in [-0.4, -0.2) is 21.9 Å². The molecule has 2 rings (SSSR count). The third-order valence-corrected chi connectivity index (χ3v) is 2.77. The van der Waals surface area contributed by atoms with E-state index >= 15 is 0 Å². The topological polar surface area (TPSA) is 117 Å². The molecule has 106 valence electrons. The Labute approximate surface area is 120 Å². The molecule has 0 saturated carbocycles. The fourth-order valence-electron chi connectivity index (χ4n) is 1.80. The van der Waals surface area contributed by atoms with E-state index in [9.17, 15) is 10.1 Å². The van der Waals surface area contributed by atoms with Crippen molar-refractivity contribution in [2.45, 2.75) is 6.92 Å². The lowest BCUT2D eigenvalue weighted by Crippen LogP contribution is -2.07. The van der Waals surface area contributed by atoms with E-state index in [4.69, 9.17) is 5.26 Å². The van der Waals surface area contributed by atoms with Gasteiger partial charge in [0.25, 0.3) is 0 Å². The molecule has 0 atom stereocenters. The van der Waals surface area contributed by atoms with Crippen molar-refractivity contribution in [1.29, 1.82) is 5.26 Å². The van der Waals surface area contributed by atoms with Gasteiger partial charge in [-0.05, 0) is 19.1 Å². The van der Waals surface area contributed by atoms with Crippen molar-refractivity contribution in [3.05, 3.63) is 45.6 Å². The molecular weight excluding hydrogens is 272 g/mol. The molecule has 0 aliphatic heterocycles. The van der Waals surface area contributed by atoms with Gasteiger partial charge in [0, 0.05) is 7.05 Å². The van der Waals surface area contributed by atoms with E-state index in [2.05, 4.69) is 20.6 Å². The van der Waals surface area contributed by atoms with Crippen LogP contribution in [-0.2, 0) is 0 Å². The first-order valence-electron chi connectivity index (χ1n) is 6.03. The molecule has 8 nitrogen and oxygen atoms in total. The molecular formula is C13H12N6O2. The summed E-state index contributed by atoms with van der Waals surface area (Å²) in [5.41, 5.74) is 0.829. The minimum Gasteiger partial charge on any atom is -0.357 e. The van der Waals surface area contributed by atoms with Gasteiger partial charge in [-0.2, -0.15) is 10.2 Å². The van der Waals surface area contributed by atoms with E-state index in [1.807, 2.05) is 6.07 Å². The molecule has 21 heavy (non-hydrogen) atoms. The summed E-state index contributed by atoms with van der Waals surface area (Å²) < 4.78 is 0. The van der Waals surface area contributed by atoms with Crippen LogP contribution in [0.4, 0.5) is 23.1 Å². The van der Waals surface area contributed by atoms with Crippen LogP contribution >= 0.6 is 0 Å². The van der Waals surface area contributed by atoms with Gasteiger partial charge >= 0.3 is 5.69 Å². The van der Waals surface area contributed by atoms with Crippen LogP contribution in [0.25, 0.3) is 0 Å². The maximum absolute atomic E-state index is 11.2. The standard InChI is InChI=1S/C13H12N6O2/c1-8-11(19(20)21)12(18-13(15-2)16-8)17-10-6-4-3-5-9(10)7-14/h3-6H,1-2H3,(H2,15,16,17,18). The summed E-state index contributed by atoms with van der Waals surface area (Å²) in [7, 11) is 1.62. The summed E-state index contributed by atoms with van der Waals surface area (Å²) in [6.45, 7) is 1.53. The first kappa shape index (κ1) is 14.2. The second kappa shape index (κ2) is 5.83. The summed E-state index contributed by atoms with van der Waals surface area (Å²) in [5, 5.41) is 25.8. The molecule has 0 spiro atoms. The van der Waals surface area contributed by atoms with Crippen LogP contribution in [0.2, 0.25) is 0 Å². The number of aryl methyl sites for hydroxylation is 1. The smallest absolute Gasteiger partial charge is 0.332 e. The Bertz CT molecular complexity index is 738. The highest BCUT2D eigenvalue weighted by molar-refractivity contribution is 5.71. The number of nitrogens with zero attached hydrogens (tertiary/aromatic N) is 4. The molecule has 0 amide bonds. The number of rotatable bonds is 4. The molecule has 0 unspecified atom stereocenters. The number of hydrogen-bond donors (Lipinski definition) is 2. The summed E-state index contributed by atoms with van der Waals surface area (Å²) >= 11 is 0. The second-order valence-corrected chi connectivity index (χ2v) is 4.12. The van der Waals surface area contributed by atoms with Crippen molar-refractivity contribution < 1.29 is 4.92 Å². The second-order valence-electron chi connectivity index (χ2n) is 4.12. The normalized spacial score (nSPS) is 9.76.